The molecule has 0 fully saturated rings. The number of benzene rings is 1. The smallest absolute Gasteiger partial charge is 0.235 e. The minimum Gasteiger partial charge on any atom is -0.325 e. The minimum absolute atomic E-state index is 0.0138. The molecule has 1 aromatic carbocycles. The van der Waals surface area contributed by atoms with Crippen molar-refractivity contribution in [3.8, 4) is 0 Å². The molecule has 0 saturated carbocycles. The van der Waals surface area contributed by atoms with Gasteiger partial charge in [0.1, 0.15) is 0 Å². The standard InChI is InChI=1S/C14H11Cl2NOS/c1-14(7-8-5-6-11(16)19-8)12-9(15)3-2-4-10(12)17-13(14)18/h2-6H,7H2,1H3,(H,17,18). The minimum atomic E-state index is -0.637. The third-order valence-corrected chi connectivity index (χ3v) is 5.02. The van der Waals surface area contributed by atoms with Crippen LogP contribution >= 0.6 is 34.5 Å². The summed E-state index contributed by atoms with van der Waals surface area (Å²) in [4.78, 5) is 13.4. The average Bonchev–Trinajstić information content (AvgIpc) is 2.84. The van der Waals surface area contributed by atoms with Crippen LogP contribution in [0.5, 0.6) is 0 Å². The maximum atomic E-state index is 12.3. The van der Waals surface area contributed by atoms with Crippen LogP contribution in [0.15, 0.2) is 30.3 Å². The first-order valence-corrected chi connectivity index (χ1v) is 7.42. The van der Waals surface area contributed by atoms with Crippen molar-refractivity contribution in [2.45, 2.75) is 18.8 Å². The number of fused-ring (bicyclic) bond motifs is 1. The summed E-state index contributed by atoms with van der Waals surface area (Å²) in [6, 6.07) is 9.35. The van der Waals surface area contributed by atoms with E-state index in [1.54, 1.807) is 0 Å². The Kier molecular flexibility index (Phi) is 3.08. The van der Waals surface area contributed by atoms with Gasteiger partial charge in [-0.3, -0.25) is 4.79 Å². The normalized spacial score (nSPS) is 21.3. The molecule has 5 heteroatoms. The predicted molar refractivity (Wildman–Crippen MR) is 80.5 cm³/mol. The topological polar surface area (TPSA) is 29.1 Å². The number of amides is 1. The molecule has 0 saturated heterocycles. The lowest BCUT2D eigenvalue weighted by Gasteiger charge is -2.22. The molecule has 1 aromatic heterocycles. The highest BCUT2D eigenvalue weighted by Crippen LogP contribution is 2.44. The number of halogens is 2. The van der Waals surface area contributed by atoms with Gasteiger partial charge in [0, 0.05) is 27.6 Å². The van der Waals surface area contributed by atoms with Crippen LogP contribution in [-0.4, -0.2) is 5.91 Å². The Hall–Kier alpha value is -1.03. The zero-order valence-electron chi connectivity index (χ0n) is 10.2. The lowest BCUT2D eigenvalue weighted by molar-refractivity contribution is -0.120. The second-order valence-electron chi connectivity index (χ2n) is 4.83. The van der Waals surface area contributed by atoms with Crippen molar-refractivity contribution in [2.24, 2.45) is 0 Å². The van der Waals surface area contributed by atoms with E-state index in [9.17, 15) is 4.79 Å². The van der Waals surface area contributed by atoms with Gasteiger partial charge in [-0.1, -0.05) is 29.3 Å². The molecule has 98 valence electrons. The third kappa shape index (κ3) is 2.06. The van der Waals surface area contributed by atoms with Gasteiger partial charge < -0.3 is 5.32 Å². The van der Waals surface area contributed by atoms with Gasteiger partial charge >= 0.3 is 0 Å². The van der Waals surface area contributed by atoms with Crippen LogP contribution in [0.4, 0.5) is 5.69 Å². The summed E-state index contributed by atoms with van der Waals surface area (Å²) in [6.07, 6.45) is 0.604. The van der Waals surface area contributed by atoms with E-state index in [1.165, 1.54) is 11.3 Å². The molecule has 0 spiro atoms. The van der Waals surface area contributed by atoms with Crippen LogP contribution in [0.2, 0.25) is 9.36 Å². The average molecular weight is 312 g/mol. The van der Waals surface area contributed by atoms with E-state index in [2.05, 4.69) is 5.32 Å². The number of anilines is 1. The zero-order valence-corrected chi connectivity index (χ0v) is 12.5. The van der Waals surface area contributed by atoms with Gasteiger partial charge in [-0.25, -0.2) is 0 Å². The van der Waals surface area contributed by atoms with Crippen LogP contribution in [0.1, 0.15) is 17.4 Å². The first-order chi connectivity index (χ1) is 9.00. The predicted octanol–water partition coefficient (Wildman–Crippen LogP) is 4.51. The van der Waals surface area contributed by atoms with Crippen molar-refractivity contribution in [3.63, 3.8) is 0 Å². The largest absolute Gasteiger partial charge is 0.325 e. The van der Waals surface area contributed by atoms with E-state index in [-0.39, 0.29) is 5.91 Å². The molecule has 1 N–H and O–H groups in total. The number of hydrogen-bond acceptors (Lipinski definition) is 2. The first kappa shape index (κ1) is 13.0. The molecule has 2 heterocycles. The molecular formula is C14H11Cl2NOS. The van der Waals surface area contributed by atoms with E-state index in [0.717, 1.165) is 20.5 Å². The number of thiophene rings is 1. The Balaban J connectivity index is 2.07. The highest BCUT2D eigenvalue weighted by Gasteiger charge is 2.44. The Morgan fingerprint density at radius 1 is 1.26 bits per heavy atom. The van der Waals surface area contributed by atoms with Gasteiger partial charge in [-0.2, -0.15) is 0 Å². The van der Waals surface area contributed by atoms with Crippen molar-refractivity contribution in [1.29, 1.82) is 0 Å². The Morgan fingerprint density at radius 3 is 2.74 bits per heavy atom. The van der Waals surface area contributed by atoms with Crippen molar-refractivity contribution < 1.29 is 4.79 Å². The number of carbonyl (C=O) groups is 1. The zero-order chi connectivity index (χ0) is 13.6. The van der Waals surface area contributed by atoms with Crippen LogP contribution in [0, 0.1) is 0 Å². The lowest BCUT2D eigenvalue weighted by Crippen LogP contribution is -2.33. The molecule has 1 unspecified atom stereocenters. The molecule has 1 aliphatic rings. The number of nitrogens with one attached hydrogen (secondary N) is 1. The van der Waals surface area contributed by atoms with Crippen molar-refractivity contribution >= 4 is 46.1 Å². The highest BCUT2D eigenvalue weighted by molar-refractivity contribution is 7.16. The summed E-state index contributed by atoms with van der Waals surface area (Å²) >= 11 is 13.7. The van der Waals surface area contributed by atoms with Crippen molar-refractivity contribution in [3.05, 3.63) is 50.1 Å². The van der Waals surface area contributed by atoms with E-state index in [4.69, 9.17) is 23.2 Å². The molecule has 3 rings (SSSR count). The lowest BCUT2D eigenvalue weighted by atomic mass is 9.80. The molecule has 1 atom stereocenters. The van der Waals surface area contributed by atoms with Crippen LogP contribution in [0.3, 0.4) is 0 Å². The molecule has 2 aromatic rings. The molecule has 19 heavy (non-hydrogen) atoms. The van der Waals surface area contributed by atoms with Crippen molar-refractivity contribution in [1.82, 2.24) is 0 Å². The van der Waals surface area contributed by atoms with Crippen molar-refractivity contribution in [2.75, 3.05) is 5.32 Å². The van der Waals surface area contributed by atoms with Crippen LogP contribution in [0.25, 0.3) is 0 Å². The Morgan fingerprint density at radius 2 is 2.05 bits per heavy atom. The van der Waals surface area contributed by atoms with Crippen LogP contribution in [-0.2, 0) is 16.6 Å². The molecular weight excluding hydrogens is 301 g/mol. The molecule has 2 nitrogen and oxygen atoms in total. The van der Waals surface area contributed by atoms with Crippen LogP contribution < -0.4 is 5.32 Å². The summed E-state index contributed by atoms with van der Waals surface area (Å²) in [5, 5.41) is 3.53. The number of hydrogen-bond donors (Lipinski definition) is 1. The fraction of sp³-hybridized carbons (Fsp3) is 0.214. The van der Waals surface area contributed by atoms with Gasteiger partial charge in [-0.15, -0.1) is 11.3 Å². The van der Waals surface area contributed by atoms with E-state index < -0.39 is 5.41 Å². The quantitative estimate of drug-likeness (QED) is 0.868. The Labute approximate surface area is 125 Å². The number of rotatable bonds is 2. The molecule has 0 aliphatic carbocycles. The third-order valence-electron chi connectivity index (χ3n) is 3.47. The van der Waals surface area contributed by atoms with Gasteiger partial charge in [0.05, 0.1) is 9.75 Å². The highest BCUT2D eigenvalue weighted by atomic mass is 35.5. The molecule has 0 radical (unpaired) electrons. The van der Waals surface area contributed by atoms with E-state index in [0.29, 0.717) is 11.4 Å². The summed E-state index contributed by atoms with van der Waals surface area (Å²) in [6.45, 7) is 1.92. The summed E-state index contributed by atoms with van der Waals surface area (Å²) < 4.78 is 0.733. The molecule has 1 aliphatic heterocycles. The van der Waals surface area contributed by atoms with Gasteiger partial charge in [0.25, 0.3) is 0 Å². The molecule has 1 amide bonds. The maximum Gasteiger partial charge on any atom is 0.235 e. The second-order valence-corrected chi connectivity index (χ2v) is 7.04. The monoisotopic (exact) mass is 311 g/mol. The summed E-state index contributed by atoms with van der Waals surface area (Å²) in [5.41, 5.74) is 1.05. The Bertz CT molecular complexity index is 667. The first-order valence-electron chi connectivity index (χ1n) is 5.85. The van der Waals surface area contributed by atoms with E-state index in [1.807, 2.05) is 37.3 Å². The van der Waals surface area contributed by atoms with Gasteiger partial charge in [0.2, 0.25) is 5.91 Å². The maximum absolute atomic E-state index is 12.3. The fourth-order valence-corrected chi connectivity index (χ4v) is 4.15. The second kappa shape index (κ2) is 4.51. The summed E-state index contributed by atoms with van der Waals surface area (Å²) in [7, 11) is 0. The van der Waals surface area contributed by atoms with Gasteiger partial charge in [0.15, 0.2) is 0 Å². The molecule has 0 bridgehead atoms. The SMILES string of the molecule is CC1(Cc2ccc(Cl)s2)C(=O)Nc2cccc(Cl)c21. The van der Waals surface area contributed by atoms with Gasteiger partial charge in [-0.05, 0) is 31.2 Å². The summed E-state index contributed by atoms with van der Waals surface area (Å²) in [5.74, 6) is -0.0138. The fourth-order valence-electron chi connectivity index (χ4n) is 2.53. The number of carbonyl (C=O) groups excluding carboxylic acids is 1. The van der Waals surface area contributed by atoms with E-state index >= 15 is 0 Å².